The molecule has 0 aliphatic heterocycles. The molecular weight excluding hydrogens is 394 g/mol. The van der Waals surface area contributed by atoms with E-state index in [0.717, 1.165) is 11.1 Å². The summed E-state index contributed by atoms with van der Waals surface area (Å²) in [5.74, 6) is 0. The van der Waals surface area contributed by atoms with Gasteiger partial charge in [-0.15, -0.1) is 0 Å². The summed E-state index contributed by atoms with van der Waals surface area (Å²) in [6, 6.07) is 8.43. The Labute approximate surface area is 219 Å². The normalized spacial score (nSPS) is 12.6. The first kappa shape index (κ1) is 22.6. The Morgan fingerprint density at radius 3 is 1.35 bits per heavy atom. The maximum absolute atomic E-state index is 11.1. The van der Waals surface area contributed by atoms with Gasteiger partial charge < -0.3 is 0 Å². The van der Waals surface area contributed by atoms with Crippen LogP contribution in [0.4, 0.5) is 0 Å². The Hall–Kier alpha value is 1.53. The van der Waals surface area contributed by atoms with E-state index in [1.807, 2.05) is 0 Å². The molecule has 0 bridgehead atoms. The van der Waals surface area contributed by atoms with Crippen LogP contribution < -0.4 is 0 Å². The molecule has 6 nitrogen and oxygen atoms in total. The summed E-state index contributed by atoms with van der Waals surface area (Å²) in [6.07, 6.45) is 0.331. The molecule has 3 rings (SSSR count). The third kappa shape index (κ3) is 4.83. The SMILES string of the molecule is O=S(=O)(O)c1ccc2c(c1)Cc1cc(S(=O)(=O)O)ccc1-2.[KH].[KH]. The van der Waals surface area contributed by atoms with Crippen molar-refractivity contribution in [2.75, 3.05) is 0 Å². The van der Waals surface area contributed by atoms with E-state index < -0.39 is 20.2 Å². The number of hydrogen-bond acceptors (Lipinski definition) is 4. The van der Waals surface area contributed by atoms with Crippen molar-refractivity contribution in [3.63, 3.8) is 0 Å². The summed E-state index contributed by atoms with van der Waals surface area (Å²) in [7, 11) is -8.56. The predicted molar refractivity (Wildman–Crippen MR) is 88.6 cm³/mol. The van der Waals surface area contributed by atoms with Crippen molar-refractivity contribution in [2.24, 2.45) is 0 Å². The average Bonchev–Trinajstić information content (AvgIpc) is 2.73. The van der Waals surface area contributed by atoms with Gasteiger partial charge in [-0.1, -0.05) is 12.1 Å². The Morgan fingerprint density at radius 1 is 0.696 bits per heavy atom. The predicted octanol–water partition coefficient (Wildman–Crippen LogP) is 0.454. The molecule has 0 spiro atoms. The second-order valence-electron chi connectivity index (χ2n) is 4.76. The number of benzene rings is 2. The van der Waals surface area contributed by atoms with Crippen LogP contribution in [-0.4, -0.2) is 129 Å². The number of hydrogen-bond donors (Lipinski definition) is 2. The third-order valence-corrected chi connectivity index (χ3v) is 5.12. The van der Waals surface area contributed by atoms with Gasteiger partial charge in [0, 0.05) is 0 Å². The topological polar surface area (TPSA) is 109 Å². The zero-order chi connectivity index (χ0) is 15.4. The molecule has 0 amide bonds. The van der Waals surface area contributed by atoms with Crippen molar-refractivity contribution in [3.8, 4) is 11.1 Å². The quantitative estimate of drug-likeness (QED) is 0.473. The summed E-state index contributed by atoms with van der Waals surface area (Å²) in [6.45, 7) is 0. The van der Waals surface area contributed by atoms with Crippen LogP contribution in [0.15, 0.2) is 46.2 Å². The van der Waals surface area contributed by atoms with Crippen LogP contribution in [0, 0.1) is 0 Å². The molecule has 0 fully saturated rings. The second-order valence-corrected chi connectivity index (χ2v) is 7.61. The molecule has 23 heavy (non-hydrogen) atoms. The van der Waals surface area contributed by atoms with E-state index in [1.165, 1.54) is 24.3 Å². The van der Waals surface area contributed by atoms with Crippen LogP contribution in [0.25, 0.3) is 11.1 Å². The summed E-state index contributed by atoms with van der Waals surface area (Å²) < 4.78 is 62.6. The van der Waals surface area contributed by atoms with Gasteiger partial charge >= 0.3 is 103 Å². The molecule has 0 saturated heterocycles. The first-order valence-electron chi connectivity index (χ1n) is 5.87. The molecule has 2 aromatic carbocycles. The van der Waals surface area contributed by atoms with E-state index in [-0.39, 0.29) is 113 Å². The number of fused-ring (bicyclic) bond motifs is 3. The van der Waals surface area contributed by atoms with Crippen molar-refractivity contribution in [1.82, 2.24) is 0 Å². The minimum atomic E-state index is -4.28. The average molecular weight is 407 g/mol. The van der Waals surface area contributed by atoms with Crippen LogP contribution in [0.2, 0.25) is 0 Å². The zero-order valence-corrected chi connectivity index (χ0v) is 12.1. The monoisotopic (exact) mass is 406 g/mol. The summed E-state index contributed by atoms with van der Waals surface area (Å²) in [4.78, 5) is -0.409. The van der Waals surface area contributed by atoms with Crippen LogP contribution in [0.5, 0.6) is 0 Å². The van der Waals surface area contributed by atoms with Gasteiger partial charge in [0.25, 0.3) is 20.2 Å². The van der Waals surface area contributed by atoms with Gasteiger partial charge in [0.2, 0.25) is 0 Å². The minimum absolute atomic E-state index is 0. The van der Waals surface area contributed by atoms with Gasteiger partial charge in [-0.2, -0.15) is 16.8 Å². The van der Waals surface area contributed by atoms with Gasteiger partial charge in [-0.3, -0.25) is 9.11 Å². The molecule has 0 atom stereocenters. The van der Waals surface area contributed by atoms with Gasteiger partial charge in [0.15, 0.2) is 0 Å². The van der Waals surface area contributed by atoms with E-state index in [0.29, 0.717) is 17.5 Å². The number of rotatable bonds is 2. The van der Waals surface area contributed by atoms with Crippen LogP contribution in [0.1, 0.15) is 11.1 Å². The van der Waals surface area contributed by atoms with Crippen molar-refractivity contribution in [3.05, 3.63) is 47.5 Å². The molecule has 0 radical (unpaired) electrons. The molecule has 10 heteroatoms. The van der Waals surface area contributed by atoms with Gasteiger partial charge in [-0.25, -0.2) is 0 Å². The third-order valence-electron chi connectivity index (χ3n) is 3.42. The molecule has 0 heterocycles. The van der Waals surface area contributed by atoms with Crippen molar-refractivity contribution in [1.29, 1.82) is 0 Å². The first-order chi connectivity index (χ1) is 9.66. The van der Waals surface area contributed by atoms with E-state index in [9.17, 15) is 16.8 Å². The Bertz CT molecular complexity index is 888. The first-order valence-corrected chi connectivity index (χ1v) is 8.75. The fraction of sp³-hybridized carbons (Fsp3) is 0.0769. The second kappa shape index (κ2) is 8.05. The van der Waals surface area contributed by atoms with Crippen LogP contribution in [-0.2, 0) is 26.7 Å². The van der Waals surface area contributed by atoms with Crippen molar-refractivity contribution < 1.29 is 25.9 Å². The van der Waals surface area contributed by atoms with Crippen molar-refractivity contribution in [2.45, 2.75) is 16.2 Å². The molecule has 2 N–H and O–H groups in total. The van der Waals surface area contributed by atoms with Gasteiger partial charge in [-0.05, 0) is 52.9 Å². The summed E-state index contributed by atoms with van der Waals surface area (Å²) in [5.41, 5.74) is 2.90. The van der Waals surface area contributed by atoms with Crippen LogP contribution >= 0.6 is 0 Å². The van der Waals surface area contributed by atoms with E-state index in [1.54, 1.807) is 12.1 Å². The molecule has 114 valence electrons. The van der Waals surface area contributed by atoms with Crippen LogP contribution in [0.3, 0.4) is 0 Å². The molecule has 0 aromatic heterocycles. The van der Waals surface area contributed by atoms with E-state index >= 15 is 0 Å². The van der Waals surface area contributed by atoms with Gasteiger partial charge in [0.1, 0.15) is 0 Å². The fourth-order valence-electron chi connectivity index (χ4n) is 2.48. The Kier molecular flexibility index (Phi) is 7.90. The Balaban J connectivity index is 0.00000132. The molecule has 1 aliphatic carbocycles. The summed E-state index contributed by atoms with van der Waals surface area (Å²) >= 11 is 0. The fourth-order valence-corrected chi connectivity index (χ4v) is 3.55. The Morgan fingerprint density at radius 2 is 1.04 bits per heavy atom. The molecular formula is C13H12K2O6S2. The zero-order valence-electron chi connectivity index (χ0n) is 10.5. The molecule has 0 unspecified atom stereocenters. The standard InChI is InChI=1S/C13H10O6S2.2K.2H/c14-20(15,16)10-1-3-12-8(6-10)5-9-7-11(21(17,18)19)2-4-13(9)12;;;;/h1-4,6-7H,5H2,(H,14,15,16)(H,17,18,19);;;;. The molecule has 2 aromatic rings. The maximum atomic E-state index is 11.1. The molecule has 1 aliphatic rings. The van der Waals surface area contributed by atoms with Crippen molar-refractivity contribution >= 4 is 123 Å². The van der Waals surface area contributed by atoms with E-state index in [2.05, 4.69) is 0 Å². The molecule has 0 saturated carbocycles. The van der Waals surface area contributed by atoms with E-state index in [4.69, 9.17) is 9.11 Å². The van der Waals surface area contributed by atoms with Gasteiger partial charge in [0.05, 0.1) is 9.79 Å². The summed E-state index contributed by atoms with van der Waals surface area (Å²) in [5, 5.41) is 0.